The highest BCUT2D eigenvalue weighted by molar-refractivity contribution is 7.99. The topological polar surface area (TPSA) is 72.5 Å². The number of hydrogen-bond donors (Lipinski definition) is 2. The van der Waals surface area contributed by atoms with Crippen LogP contribution in [0.4, 0.5) is 0 Å². The van der Waals surface area contributed by atoms with Crippen molar-refractivity contribution in [1.29, 1.82) is 0 Å². The summed E-state index contributed by atoms with van der Waals surface area (Å²) in [4.78, 5) is 11.4. The number of carbonyl (C=O) groups is 1. The quantitative estimate of drug-likeness (QED) is 0.588. The predicted octanol–water partition coefficient (Wildman–Crippen LogP) is 1.94. The van der Waals surface area contributed by atoms with E-state index in [2.05, 4.69) is 0 Å². The van der Waals surface area contributed by atoms with Crippen molar-refractivity contribution in [2.24, 2.45) is 5.73 Å². The molecule has 3 N–H and O–H groups in total. The number of nitrogens with two attached hydrogens (primary N) is 1. The zero-order valence-electron chi connectivity index (χ0n) is 9.05. The SMILES string of the molecule is CCOc1ccc(SC(N)CC(=O)O)cc1. The van der Waals surface area contributed by atoms with Gasteiger partial charge in [-0.2, -0.15) is 0 Å². The Hall–Kier alpha value is -1.20. The van der Waals surface area contributed by atoms with Gasteiger partial charge in [-0.25, -0.2) is 0 Å². The Labute approximate surface area is 98.8 Å². The highest BCUT2D eigenvalue weighted by atomic mass is 32.2. The summed E-state index contributed by atoms with van der Waals surface area (Å²) >= 11 is 1.34. The molecular formula is C11H15NO3S. The summed E-state index contributed by atoms with van der Waals surface area (Å²) in [6.45, 7) is 2.55. The van der Waals surface area contributed by atoms with Crippen molar-refractivity contribution in [3.05, 3.63) is 24.3 Å². The molecule has 88 valence electrons. The molecule has 0 fully saturated rings. The molecule has 16 heavy (non-hydrogen) atoms. The maximum Gasteiger partial charge on any atom is 0.305 e. The highest BCUT2D eigenvalue weighted by Gasteiger charge is 2.09. The van der Waals surface area contributed by atoms with Gasteiger partial charge in [0.15, 0.2) is 0 Å². The number of ether oxygens (including phenoxy) is 1. The maximum atomic E-state index is 10.4. The van der Waals surface area contributed by atoms with Gasteiger partial charge in [0.25, 0.3) is 0 Å². The molecule has 1 unspecified atom stereocenters. The fourth-order valence-electron chi connectivity index (χ4n) is 1.17. The normalized spacial score (nSPS) is 12.1. The standard InChI is InChI=1S/C11H15NO3S/c1-2-15-8-3-5-9(6-4-8)16-10(12)7-11(13)14/h3-6,10H,2,7,12H2,1H3,(H,13,14). The van der Waals surface area contributed by atoms with Gasteiger partial charge in [-0.15, -0.1) is 11.8 Å². The molecular weight excluding hydrogens is 226 g/mol. The van der Waals surface area contributed by atoms with E-state index in [1.54, 1.807) is 0 Å². The van der Waals surface area contributed by atoms with E-state index in [0.717, 1.165) is 10.6 Å². The lowest BCUT2D eigenvalue weighted by molar-refractivity contribution is -0.136. The van der Waals surface area contributed by atoms with E-state index >= 15 is 0 Å². The van der Waals surface area contributed by atoms with Crippen LogP contribution in [0.25, 0.3) is 0 Å². The van der Waals surface area contributed by atoms with Crippen LogP contribution in [-0.4, -0.2) is 23.1 Å². The minimum atomic E-state index is -0.883. The first-order valence-corrected chi connectivity index (χ1v) is 5.86. The monoisotopic (exact) mass is 241 g/mol. The molecule has 0 heterocycles. The van der Waals surface area contributed by atoms with Crippen molar-refractivity contribution in [2.45, 2.75) is 23.6 Å². The van der Waals surface area contributed by atoms with Crippen LogP contribution in [0, 0.1) is 0 Å². The molecule has 0 saturated carbocycles. The lowest BCUT2D eigenvalue weighted by Gasteiger charge is -2.09. The molecule has 1 atom stereocenters. The molecule has 0 saturated heterocycles. The third kappa shape index (κ3) is 4.55. The van der Waals surface area contributed by atoms with Crippen LogP contribution in [0.2, 0.25) is 0 Å². The summed E-state index contributed by atoms with van der Waals surface area (Å²) in [5.74, 6) is -0.0791. The fraction of sp³-hybridized carbons (Fsp3) is 0.364. The average molecular weight is 241 g/mol. The van der Waals surface area contributed by atoms with Crippen molar-refractivity contribution < 1.29 is 14.6 Å². The van der Waals surface area contributed by atoms with Gasteiger partial charge in [0.1, 0.15) is 5.75 Å². The Morgan fingerprint density at radius 3 is 2.62 bits per heavy atom. The Bertz CT molecular complexity index is 340. The molecule has 4 nitrogen and oxygen atoms in total. The van der Waals surface area contributed by atoms with Crippen LogP contribution in [0.1, 0.15) is 13.3 Å². The number of benzene rings is 1. The summed E-state index contributed by atoms with van der Waals surface area (Å²) in [5.41, 5.74) is 5.65. The Morgan fingerprint density at radius 1 is 1.50 bits per heavy atom. The molecule has 0 radical (unpaired) electrons. The minimum Gasteiger partial charge on any atom is -0.494 e. The van der Waals surface area contributed by atoms with Gasteiger partial charge >= 0.3 is 5.97 Å². The first-order valence-electron chi connectivity index (χ1n) is 4.98. The first-order chi connectivity index (χ1) is 7.61. The van der Waals surface area contributed by atoms with Crippen molar-refractivity contribution >= 4 is 17.7 Å². The third-order valence-electron chi connectivity index (χ3n) is 1.80. The molecule has 0 aliphatic carbocycles. The number of carboxylic acids is 1. The smallest absolute Gasteiger partial charge is 0.305 e. The summed E-state index contributed by atoms with van der Waals surface area (Å²) in [6, 6.07) is 7.44. The number of carboxylic acid groups (broad SMARTS) is 1. The number of rotatable bonds is 6. The number of thioether (sulfide) groups is 1. The predicted molar refractivity (Wildman–Crippen MR) is 63.7 cm³/mol. The maximum absolute atomic E-state index is 10.4. The van der Waals surface area contributed by atoms with E-state index in [9.17, 15) is 4.79 Å². The minimum absolute atomic E-state index is 0.0438. The van der Waals surface area contributed by atoms with E-state index in [0.29, 0.717) is 6.61 Å². The van der Waals surface area contributed by atoms with Gasteiger partial charge in [-0.3, -0.25) is 4.79 Å². The van der Waals surface area contributed by atoms with Gasteiger partial charge in [-0.05, 0) is 31.2 Å². The fourth-order valence-corrected chi connectivity index (χ4v) is 2.04. The van der Waals surface area contributed by atoms with Crippen LogP contribution in [-0.2, 0) is 4.79 Å². The zero-order valence-corrected chi connectivity index (χ0v) is 9.87. The van der Waals surface area contributed by atoms with E-state index in [4.69, 9.17) is 15.6 Å². The van der Waals surface area contributed by atoms with Crippen molar-refractivity contribution in [3.63, 3.8) is 0 Å². The van der Waals surface area contributed by atoms with E-state index in [1.165, 1.54) is 11.8 Å². The lowest BCUT2D eigenvalue weighted by atomic mass is 10.3. The van der Waals surface area contributed by atoms with Crippen LogP contribution >= 0.6 is 11.8 Å². The Kier molecular flexibility index (Phi) is 5.14. The van der Waals surface area contributed by atoms with Gasteiger partial charge in [0, 0.05) is 4.90 Å². The summed E-state index contributed by atoms with van der Waals surface area (Å²) in [5, 5.41) is 8.14. The first kappa shape index (κ1) is 12.9. The second-order valence-corrected chi connectivity index (χ2v) is 4.47. The average Bonchev–Trinajstić information content (AvgIpc) is 2.20. The molecule has 0 bridgehead atoms. The summed E-state index contributed by atoms with van der Waals surface area (Å²) in [6.07, 6.45) is -0.0438. The molecule has 0 aliphatic heterocycles. The van der Waals surface area contributed by atoms with E-state index < -0.39 is 11.3 Å². The molecule has 1 rings (SSSR count). The van der Waals surface area contributed by atoms with Crippen LogP contribution < -0.4 is 10.5 Å². The largest absolute Gasteiger partial charge is 0.494 e. The molecule has 0 aromatic heterocycles. The van der Waals surface area contributed by atoms with Crippen LogP contribution in [0.3, 0.4) is 0 Å². The molecule has 0 spiro atoms. The van der Waals surface area contributed by atoms with Gasteiger partial charge in [-0.1, -0.05) is 0 Å². The number of hydrogen-bond acceptors (Lipinski definition) is 4. The molecule has 0 aliphatic rings. The van der Waals surface area contributed by atoms with E-state index in [1.807, 2.05) is 31.2 Å². The van der Waals surface area contributed by atoms with Crippen molar-refractivity contribution in [2.75, 3.05) is 6.61 Å². The van der Waals surface area contributed by atoms with Crippen LogP contribution in [0.15, 0.2) is 29.2 Å². The molecule has 1 aromatic carbocycles. The van der Waals surface area contributed by atoms with Gasteiger partial charge in [0.05, 0.1) is 18.4 Å². The lowest BCUT2D eigenvalue weighted by Crippen LogP contribution is -2.19. The Morgan fingerprint density at radius 2 is 2.12 bits per heavy atom. The van der Waals surface area contributed by atoms with Crippen molar-refractivity contribution in [1.82, 2.24) is 0 Å². The molecule has 5 heteroatoms. The van der Waals surface area contributed by atoms with Gasteiger partial charge < -0.3 is 15.6 Å². The van der Waals surface area contributed by atoms with Crippen molar-refractivity contribution in [3.8, 4) is 5.75 Å². The number of aliphatic carboxylic acids is 1. The van der Waals surface area contributed by atoms with E-state index in [-0.39, 0.29) is 6.42 Å². The second kappa shape index (κ2) is 6.40. The highest BCUT2D eigenvalue weighted by Crippen LogP contribution is 2.24. The van der Waals surface area contributed by atoms with Gasteiger partial charge in [0.2, 0.25) is 0 Å². The molecule has 1 aromatic rings. The molecule has 0 amide bonds. The summed E-state index contributed by atoms with van der Waals surface area (Å²) < 4.78 is 5.30. The summed E-state index contributed by atoms with van der Waals surface area (Å²) in [7, 11) is 0. The zero-order chi connectivity index (χ0) is 12.0. The van der Waals surface area contributed by atoms with Crippen LogP contribution in [0.5, 0.6) is 5.75 Å². The third-order valence-corrected chi connectivity index (χ3v) is 2.81. The Balaban J connectivity index is 2.51. The second-order valence-electron chi connectivity index (χ2n) is 3.16.